The quantitative estimate of drug-likeness (QED) is 0.720. The molecular weight excluding hydrogens is 202 g/mol. The van der Waals surface area contributed by atoms with Crippen molar-refractivity contribution in [3.63, 3.8) is 0 Å². The highest BCUT2D eigenvalue weighted by Gasteiger charge is 2.11. The maximum Gasteiger partial charge on any atom is 0.276 e. The molecular formula is C12H11N3O. The van der Waals surface area contributed by atoms with Crippen molar-refractivity contribution in [1.82, 2.24) is 9.38 Å². The standard InChI is InChI=1S/C12H11N3O/c1-3-10-9(7-13)12(16)15-6-4-5-8(2)11(15)14-10/h4-6H,3H2,1-2H3. The second-order valence-corrected chi connectivity index (χ2v) is 3.59. The molecule has 0 fully saturated rings. The molecule has 2 heterocycles. The predicted molar refractivity (Wildman–Crippen MR) is 60.3 cm³/mol. The molecule has 0 unspecified atom stereocenters. The number of nitrogens with zero attached hydrogens (tertiary/aromatic N) is 3. The van der Waals surface area contributed by atoms with Crippen LogP contribution < -0.4 is 5.56 Å². The molecule has 0 saturated carbocycles. The van der Waals surface area contributed by atoms with Crippen LogP contribution in [0.15, 0.2) is 23.1 Å². The van der Waals surface area contributed by atoms with E-state index in [1.165, 1.54) is 4.40 Å². The molecule has 0 atom stereocenters. The van der Waals surface area contributed by atoms with E-state index in [1.54, 1.807) is 12.3 Å². The normalized spacial score (nSPS) is 10.3. The van der Waals surface area contributed by atoms with Gasteiger partial charge in [-0.25, -0.2) is 4.98 Å². The number of pyridine rings is 1. The minimum atomic E-state index is -0.284. The van der Waals surface area contributed by atoms with Gasteiger partial charge in [-0.15, -0.1) is 0 Å². The van der Waals surface area contributed by atoms with Crippen LogP contribution in [0, 0.1) is 18.3 Å². The number of hydrogen-bond donors (Lipinski definition) is 0. The maximum absolute atomic E-state index is 12.0. The van der Waals surface area contributed by atoms with Crippen LogP contribution in [0.25, 0.3) is 5.65 Å². The van der Waals surface area contributed by atoms with Gasteiger partial charge in [-0.1, -0.05) is 13.0 Å². The highest BCUT2D eigenvalue weighted by molar-refractivity contribution is 5.49. The molecule has 0 aromatic carbocycles. The Bertz CT molecular complexity index is 650. The molecule has 0 saturated heterocycles. The largest absolute Gasteiger partial charge is 0.276 e. The van der Waals surface area contributed by atoms with E-state index in [-0.39, 0.29) is 11.1 Å². The van der Waals surface area contributed by atoms with Crippen LogP contribution in [0.3, 0.4) is 0 Å². The molecule has 2 aromatic heterocycles. The van der Waals surface area contributed by atoms with Gasteiger partial charge >= 0.3 is 0 Å². The van der Waals surface area contributed by atoms with Crippen LogP contribution in [-0.2, 0) is 6.42 Å². The summed E-state index contributed by atoms with van der Waals surface area (Å²) in [5, 5.41) is 8.96. The summed E-state index contributed by atoms with van der Waals surface area (Å²) in [6.45, 7) is 3.78. The van der Waals surface area contributed by atoms with Crippen LogP contribution in [0.4, 0.5) is 0 Å². The van der Waals surface area contributed by atoms with E-state index in [0.29, 0.717) is 17.8 Å². The first-order chi connectivity index (χ1) is 7.69. The zero-order chi connectivity index (χ0) is 11.7. The number of fused-ring (bicyclic) bond motifs is 1. The first-order valence-corrected chi connectivity index (χ1v) is 5.10. The SMILES string of the molecule is CCc1nc2c(C)cccn2c(=O)c1C#N. The molecule has 0 N–H and O–H groups in total. The summed E-state index contributed by atoms with van der Waals surface area (Å²) < 4.78 is 1.42. The lowest BCUT2D eigenvalue weighted by Gasteiger charge is -2.06. The fourth-order valence-corrected chi connectivity index (χ4v) is 1.71. The maximum atomic E-state index is 12.0. The Hall–Kier alpha value is -2.15. The van der Waals surface area contributed by atoms with Crippen molar-refractivity contribution >= 4 is 5.65 Å². The van der Waals surface area contributed by atoms with Gasteiger partial charge in [0.1, 0.15) is 17.3 Å². The van der Waals surface area contributed by atoms with Gasteiger partial charge in [-0.2, -0.15) is 5.26 Å². The van der Waals surface area contributed by atoms with E-state index in [1.807, 2.05) is 26.0 Å². The van der Waals surface area contributed by atoms with E-state index in [2.05, 4.69) is 4.98 Å². The Morgan fingerprint density at radius 2 is 2.31 bits per heavy atom. The first kappa shape index (κ1) is 10.4. The fourth-order valence-electron chi connectivity index (χ4n) is 1.71. The van der Waals surface area contributed by atoms with Crippen molar-refractivity contribution in [1.29, 1.82) is 5.26 Å². The molecule has 0 amide bonds. The van der Waals surface area contributed by atoms with E-state index in [4.69, 9.17) is 5.26 Å². The predicted octanol–water partition coefficient (Wildman–Crippen LogP) is 1.44. The second kappa shape index (κ2) is 3.78. The third kappa shape index (κ3) is 1.38. The molecule has 4 heteroatoms. The lowest BCUT2D eigenvalue weighted by atomic mass is 10.2. The van der Waals surface area contributed by atoms with Crippen molar-refractivity contribution in [2.24, 2.45) is 0 Å². The summed E-state index contributed by atoms with van der Waals surface area (Å²) >= 11 is 0. The molecule has 0 aliphatic carbocycles. The lowest BCUT2D eigenvalue weighted by molar-refractivity contribution is 0.946. The van der Waals surface area contributed by atoms with Crippen molar-refractivity contribution in [2.45, 2.75) is 20.3 Å². The summed E-state index contributed by atoms with van der Waals surface area (Å²) in [4.78, 5) is 16.4. The molecule has 0 aliphatic heterocycles. The minimum Gasteiger partial charge on any atom is -0.267 e. The number of aromatic nitrogens is 2. The van der Waals surface area contributed by atoms with Gasteiger partial charge in [0.2, 0.25) is 0 Å². The number of hydrogen-bond acceptors (Lipinski definition) is 3. The number of rotatable bonds is 1. The van der Waals surface area contributed by atoms with Crippen LogP contribution in [-0.4, -0.2) is 9.38 Å². The molecule has 0 radical (unpaired) electrons. The topological polar surface area (TPSA) is 58.2 Å². The van der Waals surface area contributed by atoms with Crippen LogP contribution in [0.1, 0.15) is 23.7 Å². The summed E-state index contributed by atoms with van der Waals surface area (Å²) in [5.41, 5.74) is 1.99. The van der Waals surface area contributed by atoms with Crippen LogP contribution >= 0.6 is 0 Å². The van der Waals surface area contributed by atoms with Crippen molar-refractivity contribution in [3.05, 3.63) is 45.5 Å². The lowest BCUT2D eigenvalue weighted by Crippen LogP contribution is -2.21. The monoisotopic (exact) mass is 213 g/mol. The summed E-state index contributed by atoms with van der Waals surface area (Å²) in [7, 11) is 0. The highest BCUT2D eigenvalue weighted by Crippen LogP contribution is 2.08. The number of nitriles is 1. The molecule has 80 valence electrons. The zero-order valence-corrected chi connectivity index (χ0v) is 9.19. The van der Waals surface area contributed by atoms with Gasteiger partial charge < -0.3 is 0 Å². The number of aryl methyl sites for hydroxylation is 2. The molecule has 0 bridgehead atoms. The van der Waals surface area contributed by atoms with E-state index in [0.717, 1.165) is 5.56 Å². The van der Waals surface area contributed by atoms with Gasteiger partial charge in [0.15, 0.2) is 0 Å². The van der Waals surface area contributed by atoms with Gasteiger partial charge in [0.25, 0.3) is 5.56 Å². The zero-order valence-electron chi connectivity index (χ0n) is 9.19. The third-order valence-electron chi connectivity index (χ3n) is 2.57. The molecule has 0 spiro atoms. The average molecular weight is 213 g/mol. The Morgan fingerprint density at radius 3 is 2.94 bits per heavy atom. The summed E-state index contributed by atoms with van der Waals surface area (Å²) in [6.07, 6.45) is 2.22. The van der Waals surface area contributed by atoms with Crippen LogP contribution in [0.2, 0.25) is 0 Å². The molecule has 4 nitrogen and oxygen atoms in total. The van der Waals surface area contributed by atoms with Gasteiger partial charge in [0, 0.05) is 6.20 Å². The van der Waals surface area contributed by atoms with Crippen molar-refractivity contribution < 1.29 is 0 Å². The Balaban J connectivity index is 3.01. The van der Waals surface area contributed by atoms with E-state index < -0.39 is 0 Å². The molecule has 0 aliphatic rings. The highest BCUT2D eigenvalue weighted by atomic mass is 16.1. The molecule has 16 heavy (non-hydrogen) atoms. The Kier molecular flexibility index (Phi) is 2.45. The Morgan fingerprint density at radius 1 is 1.56 bits per heavy atom. The molecule has 2 aromatic rings. The van der Waals surface area contributed by atoms with Crippen molar-refractivity contribution in [2.75, 3.05) is 0 Å². The summed E-state index contributed by atoms with van der Waals surface area (Å²) in [6, 6.07) is 5.60. The van der Waals surface area contributed by atoms with Gasteiger partial charge in [-0.3, -0.25) is 9.20 Å². The van der Waals surface area contributed by atoms with E-state index >= 15 is 0 Å². The smallest absolute Gasteiger partial charge is 0.267 e. The molecule has 2 rings (SSSR count). The average Bonchev–Trinajstić information content (AvgIpc) is 2.30. The first-order valence-electron chi connectivity index (χ1n) is 5.10. The second-order valence-electron chi connectivity index (χ2n) is 3.59. The van der Waals surface area contributed by atoms with Crippen LogP contribution in [0.5, 0.6) is 0 Å². The van der Waals surface area contributed by atoms with Gasteiger partial charge in [0.05, 0.1) is 5.69 Å². The van der Waals surface area contributed by atoms with E-state index in [9.17, 15) is 4.79 Å². The van der Waals surface area contributed by atoms with Crippen molar-refractivity contribution in [3.8, 4) is 6.07 Å². The Labute approximate surface area is 92.8 Å². The summed E-state index contributed by atoms with van der Waals surface area (Å²) in [5.74, 6) is 0. The van der Waals surface area contributed by atoms with Gasteiger partial charge in [-0.05, 0) is 25.0 Å². The fraction of sp³-hybridized carbons (Fsp3) is 0.250. The minimum absolute atomic E-state index is 0.144. The third-order valence-corrected chi connectivity index (χ3v) is 2.57.